The maximum atomic E-state index is 9.37. The number of nitrogens with zero attached hydrogens (tertiary/aromatic N) is 4. The molecule has 78 valence electrons. The minimum Gasteiger partial charge on any atom is -0.385 e. The van der Waals surface area contributed by atoms with Crippen molar-refractivity contribution in [3.8, 4) is 0 Å². The van der Waals surface area contributed by atoms with Crippen molar-refractivity contribution in [3.63, 3.8) is 0 Å². The highest BCUT2D eigenvalue weighted by Gasteiger charge is 2.16. The highest BCUT2D eigenvalue weighted by molar-refractivity contribution is 5.34. The normalized spacial score (nSPS) is 16.9. The van der Waals surface area contributed by atoms with Crippen molar-refractivity contribution in [1.29, 1.82) is 0 Å². The number of hydrogen-bond acceptors (Lipinski definition) is 4. The molecule has 0 bridgehead atoms. The van der Waals surface area contributed by atoms with Crippen molar-refractivity contribution in [3.05, 3.63) is 23.3 Å². The molecule has 0 fully saturated rings. The smallest absolute Gasteiger partial charge is 0.252 e. The number of fused-ring (bicyclic) bond motifs is 2. The zero-order valence-corrected chi connectivity index (χ0v) is 8.51. The summed E-state index contributed by atoms with van der Waals surface area (Å²) in [5, 5.41) is 13.6. The fraction of sp³-hybridized carbons (Fsp3) is 0.500. The molecule has 5 nitrogen and oxygen atoms in total. The average molecular weight is 204 g/mol. The van der Waals surface area contributed by atoms with Gasteiger partial charge in [-0.1, -0.05) is 0 Å². The second-order valence-corrected chi connectivity index (χ2v) is 3.96. The van der Waals surface area contributed by atoms with Gasteiger partial charge in [-0.15, -0.1) is 5.10 Å². The summed E-state index contributed by atoms with van der Waals surface area (Å²) in [6.45, 7) is 1.66. The Hall–Kier alpha value is -1.49. The molecule has 2 aromatic heterocycles. The Kier molecular flexibility index (Phi) is 1.76. The molecule has 0 radical (unpaired) electrons. The minimum atomic E-state index is -0.637. The van der Waals surface area contributed by atoms with Crippen molar-refractivity contribution in [2.24, 2.45) is 0 Å². The Bertz CT molecular complexity index is 476. The molecule has 1 unspecified atom stereocenters. The predicted octanol–water partition coefficient (Wildman–Crippen LogP) is 0.666. The molecule has 3 rings (SSSR count). The standard InChI is InChI=1S/C10H12N4O/c1-6(15)9-12-10-11-8-4-2-3-7(8)5-14(10)13-9/h5-6,15H,2-4H2,1H3. The Morgan fingerprint density at radius 1 is 1.40 bits per heavy atom. The van der Waals surface area contributed by atoms with Crippen LogP contribution in [0.3, 0.4) is 0 Å². The third-order valence-corrected chi connectivity index (χ3v) is 2.75. The van der Waals surface area contributed by atoms with Gasteiger partial charge in [-0.25, -0.2) is 9.50 Å². The molecule has 2 heterocycles. The quantitative estimate of drug-likeness (QED) is 0.741. The lowest BCUT2D eigenvalue weighted by Crippen LogP contribution is -1.97. The van der Waals surface area contributed by atoms with Crippen LogP contribution >= 0.6 is 0 Å². The van der Waals surface area contributed by atoms with Crippen LogP contribution in [0.5, 0.6) is 0 Å². The van der Waals surface area contributed by atoms with Crippen LogP contribution in [0.2, 0.25) is 0 Å². The molecule has 5 heteroatoms. The molecule has 0 saturated heterocycles. The molecule has 0 amide bonds. The Labute approximate surface area is 86.8 Å². The van der Waals surface area contributed by atoms with E-state index in [1.54, 1.807) is 11.4 Å². The van der Waals surface area contributed by atoms with Gasteiger partial charge in [0.2, 0.25) is 0 Å². The fourth-order valence-electron chi connectivity index (χ4n) is 1.96. The van der Waals surface area contributed by atoms with Gasteiger partial charge in [-0.2, -0.15) is 4.98 Å². The number of hydrogen-bond donors (Lipinski definition) is 1. The number of aryl methyl sites for hydroxylation is 2. The molecule has 2 aromatic rings. The van der Waals surface area contributed by atoms with Gasteiger partial charge < -0.3 is 5.11 Å². The Morgan fingerprint density at radius 3 is 3.07 bits per heavy atom. The van der Waals surface area contributed by atoms with Crippen LogP contribution in [0.25, 0.3) is 5.78 Å². The largest absolute Gasteiger partial charge is 0.385 e. The summed E-state index contributed by atoms with van der Waals surface area (Å²) in [4.78, 5) is 8.62. The van der Waals surface area contributed by atoms with E-state index in [9.17, 15) is 5.11 Å². The lowest BCUT2D eigenvalue weighted by molar-refractivity contribution is 0.189. The summed E-state index contributed by atoms with van der Waals surface area (Å²) in [6.07, 6.45) is 4.61. The maximum absolute atomic E-state index is 9.37. The van der Waals surface area contributed by atoms with Crippen LogP contribution in [0.4, 0.5) is 0 Å². The van der Waals surface area contributed by atoms with Crippen LogP contribution in [-0.4, -0.2) is 24.7 Å². The molecule has 0 saturated carbocycles. The number of aliphatic hydroxyl groups excluding tert-OH is 1. The van der Waals surface area contributed by atoms with E-state index in [2.05, 4.69) is 15.1 Å². The lowest BCUT2D eigenvalue weighted by Gasteiger charge is -1.96. The first-order valence-electron chi connectivity index (χ1n) is 5.17. The van der Waals surface area contributed by atoms with Crippen molar-refractivity contribution < 1.29 is 5.11 Å². The van der Waals surface area contributed by atoms with Crippen LogP contribution < -0.4 is 0 Å². The lowest BCUT2D eigenvalue weighted by atomic mass is 10.3. The zero-order valence-electron chi connectivity index (χ0n) is 8.51. The van der Waals surface area contributed by atoms with Crippen LogP contribution in [0, 0.1) is 0 Å². The molecule has 1 aliphatic carbocycles. The SMILES string of the molecule is CC(O)c1nc2nc3c(cn2n1)CCC3. The van der Waals surface area contributed by atoms with Crippen molar-refractivity contribution in [1.82, 2.24) is 19.6 Å². The van der Waals surface area contributed by atoms with E-state index in [0.29, 0.717) is 11.6 Å². The van der Waals surface area contributed by atoms with E-state index in [1.807, 2.05) is 6.20 Å². The number of rotatable bonds is 1. The Balaban J connectivity index is 2.20. The maximum Gasteiger partial charge on any atom is 0.252 e. The van der Waals surface area contributed by atoms with Crippen LogP contribution in [-0.2, 0) is 12.8 Å². The van der Waals surface area contributed by atoms with E-state index in [0.717, 1.165) is 18.5 Å². The second kappa shape index (κ2) is 3.00. The summed E-state index contributed by atoms with van der Waals surface area (Å²) in [7, 11) is 0. The molecule has 0 aromatic carbocycles. The fourth-order valence-corrected chi connectivity index (χ4v) is 1.96. The van der Waals surface area contributed by atoms with E-state index in [4.69, 9.17) is 0 Å². The van der Waals surface area contributed by atoms with E-state index >= 15 is 0 Å². The first-order valence-corrected chi connectivity index (χ1v) is 5.17. The Morgan fingerprint density at radius 2 is 2.27 bits per heavy atom. The van der Waals surface area contributed by atoms with Crippen LogP contribution in [0.15, 0.2) is 6.20 Å². The molecule has 0 spiro atoms. The van der Waals surface area contributed by atoms with Crippen LogP contribution in [0.1, 0.15) is 36.5 Å². The molecule has 1 N–H and O–H groups in total. The van der Waals surface area contributed by atoms with Gasteiger partial charge in [-0.3, -0.25) is 0 Å². The highest BCUT2D eigenvalue weighted by atomic mass is 16.3. The van der Waals surface area contributed by atoms with Crippen molar-refractivity contribution >= 4 is 5.78 Å². The zero-order chi connectivity index (χ0) is 10.4. The topological polar surface area (TPSA) is 63.3 Å². The van der Waals surface area contributed by atoms with E-state index in [1.165, 1.54) is 12.0 Å². The molecular weight excluding hydrogens is 192 g/mol. The summed E-state index contributed by atoms with van der Waals surface area (Å²) in [5.41, 5.74) is 2.39. The first kappa shape index (κ1) is 8.79. The summed E-state index contributed by atoms with van der Waals surface area (Å²) >= 11 is 0. The van der Waals surface area contributed by atoms with Gasteiger partial charge in [0, 0.05) is 11.9 Å². The number of aromatic nitrogens is 4. The summed E-state index contributed by atoms with van der Waals surface area (Å²) in [6, 6.07) is 0. The highest BCUT2D eigenvalue weighted by Crippen LogP contribution is 2.20. The summed E-state index contributed by atoms with van der Waals surface area (Å²) < 4.78 is 1.66. The first-order chi connectivity index (χ1) is 7.24. The van der Waals surface area contributed by atoms with Crippen molar-refractivity contribution in [2.45, 2.75) is 32.3 Å². The second-order valence-electron chi connectivity index (χ2n) is 3.96. The monoisotopic (exact) mass is 204 g/mol. The van der Waals surface area contributed by atoms with E-state index < -0.39 is 6.10 Å². The third-order valence-electron chi connectivity index (χ3n) is 2.75. The predicted molar refractivity (Wildman–Crippen MR) is 53.4 cm³/mol. The van der Waals surface area contributed by atoms with Crippen molar-refractivity contribution in [2.75, 3.05) is 0 Å². The molecule has 1 aliphatic rings. The van der Waals surface area contributed by atoms with E-state index in [-0.39, 0.29) is 0 Å². The van der Waals surface area contributed by atoms with Gasteiger partial charge in [0.15, 0.2) is 5.82 Å². The van der Waals surface area contributed by atoms with Gasteiger partial charge >= 0.3 is 0 Å². The minimum absolute atomic E-state index is 0.436. The molecule has 1 atom stereocenters. The summed E-state index contributed by atoms with van der Waals surface area (Å²) in [5.74, 6) is 1.03. The van der Waals surface area contributed by atoms with Gasteiger partial charge in [-0.05, 0) is 31.7 Å². The molecule has 0 aliphatic heterocycles. The third kappa shape index (κ3) is 1.31. The van der Waals surface area contributed by atoms with Gasteiger partial charge in [0.05, 0.1) is 0 Å². The van der Waals surface area contributed by atoms with Gasteiger partial charge in [0.25, 0.3) is 5.78 Å². The molecular formula is C10H12N4O. The average Bonchev–Trinajstić information content (AvgIpc) is 2.77. The number of aliphatic hydroxyl groups is 1. The van der Waals surface area contributed by atoms with Gasteiger partial charge in [0.1, 0.15) is 6.10 Å². The molecule has 15 heavy (non-hydrogen) atoms.